The molecule has 0 N–H and O–H groups in total. The van der Waals surface area contributed by atoms with E-state index in [4.69, 9.17) is 0 Å². The number of rotatable bonds is 1. The van der Waals surface area contributed by atoms with E-state index in [0.717, 1.165) is 0 Å². The maximum absolute atomic E-state index is 13.1. The van der Waals surface area contributed by atoms with Crippen molar-refractivity contribution in [2.45, 2.75) is 51.4 Å². The van der Waals surface area contributed by atoms with Crippen molar-refractivity contribution in [2.24, 2.45) is 0 Å². The highest BCUT2D eigenvalue weighted by Gasteiger charge is 2.35. The molecule has 1 saturated carbocycles. The van der Waals surface area contributed by atoms with Gasteiger partial charge in [0.05, 0.1) is 0 Å². The second kappa shape index (κ2) is 4.15. The largest absolute Gasteiger partial charge is 0.248 e. The van der Waals surface area contributed by atoms with E-state index in [1.807, 2.05) is 0 Å². The van der Waals surface area contributed by atoms with Crippen molar-refractivity contribution >= 4 is 0 Å². The van der Waals surface area contributed by atoms with Gasteiger partial charge in [-0.15, -0.1) is 0 Å². The van der Waals surface area contributed by atoms with E-state index in [9.17, 15) is 8.78 Å². The molecule has 2 heteroatoms. The predicted octanol–water partition coefficient (Wildman–Crippen LogP) is 4.60. The smallest absolute Gasteiger partial charge is 0.207 e. The molecule has 0 aliphatic heterocycles. The van der Waals surface area contributed by atoms with Gasteiger partial charge >= 0.3 is 0 Å². The Labute approximate surface area is 95.7 Å². The fourth-order valence-electron chi connectivity index (χ4n) is 2.62. The number of benzene rings is 1. The van der Waals surface area contributed by atoms with Gasteiger partial charge in [0.2, 0.25) is 5.92 Å². The molecule has 0 atom stereocenters. The van der Waals surface area contributed by atoms with Crippen LogP contribution in [0, 0.1) is 13.8 Å². The summed E-state index contributed by atoms with van der Waals surface area (Å²) in [6.07, 6.45) is 1.33. The van der Waals surface area contributed by atoms with Gasteiger partial charge in [-0.05, 0) is 38.2 Å². The minimum Gasteiger partial charge on any atom is -0.207 e. The molecule has 0 nitrogen and oxygen atoms in total. The molecular formula is C14H18F2. The fraction of sp³-hybridized carbons (Fsp3) is 0.571. The third kappa shape index (κ3) is 2.60. The molecule has 0 aromatic heterocycles. The number of aryl methyl sites for hydroxylation is 2. The van der Waals surface area contributed by atoms with Crippen molar-refractivity contribution in [1.29, 1.82) is 0 Å². The lowest BCUT2D eigenvalue weighted by molar-refractivity contribution is -0.0382. The standard InChI is InChI=1S/C14H18F2/c1-10-7-11(2)9-13(8-10)12-3-5-14(15,16)6-4-12/h7-9,12H,3-6H2,1-2H3. The van der Waals surface area contributed by atoms with E-state index in [1.165, 1.54) is 16.7 Å². The molecule has 1 aromatic carbocycles. The summed E-state index contributed by atoms with van der Waals surface area (Å²) in [6, 6.07) is 6.41. The molecule has 0 amide bonds. The number of hydrogen-bond acceptors (Lipinski definition) is 0. The predicted molar refractivity (Wildman–Crippen MR) is 62.1 cm³/mol. The Morgan fingerprint density at radius 3 is 2.00 bits per heavy atom. The van der Waals surface area contributed by atoms with Gasteiger partial charge in [0.15, 0.2) is 0 Å². The molecule has 1 aliphatic carbocycles. The molecule has 16 heavy (non-hydrogen) atoms. The zero-order valence-corrected chi connectivity index (χ0v) is 9.89. The summed E-state index contributed by atoms with van der Waals surface area (Å²) in [7, 11) is 0. The quantitative estimate of drug-likeness (QED) is 0.654. The summed E-state index contributed by atoms with van der Waals surface area (Å²) in [4.78, 5) is 0. The molecule has 0 bridgehead atoms. The zero-order valence-electron chi connectivity index (χ0n) is 9.89. The van der Waals surface area contributed by atoms with Crippen LogP contribution in [-0.2, 0) is 0 Å². The molecule has 88 valence electrons. The molecule has 0 heterocycles. The van der Waals surface area contributed by atoms with Crippen molar-refractivity contribution in [2.75, 3.05) is 0 Å². The van der Waals surface area contributed by atoms with E-state index in [-0.39, 0.29) is 12.8 Å². The minimum atomic E-state index is -2.42. The van der Waals surface area contributed by atoms with E-state index in [2.05, 4.69) is 32.0 Å². The van der Waals surface area contributed by atoms with Crippen LogP contribution in [0.3, 0.4) is 0 Å². The summed E-state index contributed by atoms with van der Waals surface area (Å²) in [5, 5.41) is 0. The van der Waals surface area contributed by atoms with Crippen LogP contribution in [0.4, 0.5) is 8.78 Å². The van der Waals surface area contributed by atoms with Crippen molar-refractivity contribution in [3.63, 3.8) is 0 Å². The maximum atomic E-state index is 13.1. The fourth-order valence-corrected chi connectivity index (χ4v) is 2.62. The monoisotopic (exact) mass is 224 g/mol. The minimum absolute atomic E-state index is 0.0463. The van der Waals surface area contributed by atoms with Gasteiger partial charge < -0.3 is 0 Å². The van der Waals surface area contributed by atoms with E-state index < -0.39 is 5.92 Å². The first kappa shape index (κ1) is 11.6. The summed E-state index contributed by atoms with van der Waals surface area (Å²) < 4.78 is 26.1. The lowest BCUT2D eigenvalue weighted by Crippen LogP contribution is -2.23. The van der Waals surface area contributed by atoms with Crippen LogP contribution < -0.4 is 0 Å². The Hall–Kier alpha value is -0.920. The van der Waals surface area contributed by atoms with Crippen LogP contribution in [0.15, 0.2) is 18.2 Å². The van der Waals surface area contributed by atoms with Crippen molar-refractivity contribution in [3.8, 4) is 0 Å². The molecule has 1 aromatic rings. The Balaban J connectivity index is 2.14. The number of halogens is 2. The molecule has 0 spiro atoms. The van der Waals surface area contributed by atoms with Crippen molar-refractivity contribution < 1.29 is 8.78 Å². The third-order valence-electron chi connectivity index (χ3n) is 3.43. The van der Waals surface area contributed by atoms with Crippen molar-refractivity contribution in [1.82, 2.24) is 0 Å². The lowest BCUT2D eigenvalue weighted by Gasteiger charge is -2.28. The number of hydrogen-bond donors (Lipinski definition) is 0. The number of alkyl halides is 2. The highest BCUT2D eigenvalue weighted by atomic mass is 19.3. The highest BCUT2D eigenvalue weighted by molar-refractivity contribution is 5.31. The van der Waals surface area contributed by atoms with Crippen LogP contribution in [0.1, 0.15) is 48.3 Å². The molecule has 0 radical (unpaired) electrons. The molecule has 0 unspecified atom stereocenters. The van der Waals surface area contributed by atoms with Gasteiger partial charge in [-0.2, -0.15) is 0 Å². The average molecular weight is 224 g/mol. The molecule has 1 fully saturated rings. The highest BCUT2D eigenvalue weighted by Crippen LogP contribution is 2.41. The summed E-state index contributed by atoms with van der Waals surface area (Å²) in [5.74, 6) is -2.09. The lowest BCUT2D eigenvalue weighted by atomic mass is 9.81. The van der Waals surface area contributed by atoms with Gasteiger partial charge in [0.1, 0.15) is 0 Å². The molecule has 2 rings (SSSR count). The topological polar surface area (TPSA) is 0 Å². The van der Waals surface area contributed by atoms with E-state index in [1.54, 1.807) is 0 Å². The Morgan fingerprint density at radius 2 is 1.50 bits per heavy atom. The van der Waals surface area contributed by atoms with E-state index in [0.29, 0.717) is 18.8 Å². The first-order chi connectivity index (χ1) is 7.46. The van der Waals surface area contributed by atoms with Crippen LogP contribution in [0.25, 0.3) is 0 Å². The van der Waals surface area contributed by atoms with Gasteiger partial charge in [-0.3, -0.25) is 0 Å². The summed E-state index contributed by atoms with van der Waals surface area (Å²) >= 11 is 0. The first-order valence-corrected chi connectivity index (χ1v) is 5.92. The Bertz CT molecular complexity index is 352. The Morgan fingerprint density at radius 1 is 1.00 bits per heavy atom. The van der Waals surface area contributed by atoms with Gasteiger partial charge in [-0.25, -0.2) is 8.78 Å². The zero-order chi connectivity index (χ0) is 11.8. The van der Waals surface area contributed by atoms with Crippen molar-refractivity contribution in [3.05, 3.63) is 34.9 Å². The van der Waals surface area contributed by atoms with Crippen LogP contribution in [0.5, 0.6) is 0 Å². The van der Waals surface area contributed by atoms with Crippen LogP contribution in [-0.4, -0.2) is 5.92 Å². The van der Waals surface area contributed by atoms with Gasteiger partial charge in [0, 0.05) is 12.8 Å². The SMILES string of the molecule is Cc1cc(C)cc(C2CCC(F)(F)CC2)c1. The second-order valence-corrected chi connectivity index (χ2v) is 5.05. The molecule has 1 aliphatic rings. The van der Waals surface area contributed by atoms with Crippen LogP contribution >= 0.6 is 0 Å². The van der Waals surface area contributed by atoms with Gasteiger partial charge in [0.25, 0.3) is 0 Å². The Kier molecular flexibility index (Phi) is 3.00. The van der Waals surface area contributed by atoms with Crippen LogP contribution in [0.2, 0.25) is 0 Å². The average Bonchev–Trinajstić information content (AvgIpc) is 2.15. The normalized spacial score (nSPS) is 21.0. The maximum Gasteiger partial charge on any atom is 0.248 e. The van der Waals surface area contributed by atoms with E-state index >= 15 is 0 Å². The van der Waals surface area contributed by atoms with Gasteiger partial charge in [-0.1, -0.05) is 29.3 Å². The summed E-state index contributed by atoms with van der Waals surface area (Å²) in [6.45, 7) is 4.13. The molecule has 0 saturated heterocycles. The molecular weight excluding hydrogens is 206 g/mol. The first-order valence-electron chi connectivity index (χ1n) is 5.92. The third-order valence-corrected chi connectivity index (χ3v) is 3.43. The summed E-state index contributed by atoms with van der Waals surface area (Å²) in [5.41, 5.74) is 3.70. The second-order valence-electron chi connectivity index (χ2n) is 5.05.